The number of phenolic OH excluding ortho intramolecular Hbond substituents is 1. The van der Waals surface area contributed by atoms with Gasteiger partial charge in [-0.3, -0.25) is 0 Å². The van der Waals surface area contributed by atoms with Crippen LogP contribution in [-0.2, 0) is 11.3 Å². The Hall–Kier alpha value is -2.29. The maximum atomic E-state index is 9.48. The number of oxime groups is 1. The van der Waals surface area contributed by atoms with Crippen LogP contribution in [-0.4, -0.2) is 10.8 Å². The summed E-state index contributed by atoms with van der Waals surface area (Å²) in [5.74, 6) is 0.262. The molecule has 19 heavy (non-hydrogen) atoms. The van der Waals surface area contributed by atoms with Crippen LogP contribution in [0.1, 0.15) is 23.7 Å². The zero-order valence-electron chi connectivity index (χ0n) is 10.5. The average molecular weight is 253 g/mol. The molecule has 0 saturated heterocycles. The molecule has 0 radical (unpaired) electrons. The summed E-state index contributed by atoms with van der Waals surface area (Å²) < 4.78 is 0. The largest absolute Gasteiger partial charge is 0.508 e. The Morgan fingerprint density at radius 2 is 1.95 bits per heavy atom. The number of benzene rings is 2. The van der Waals surface area contributed by atoms with Gasteiger partial charge in [-0.2, -0.15) is 0 Å². The van der Waals surface area contributed by atoms with Crippen molar-refractivity contribution < 1.29 is 9.94 Å². The molecule has 1 unspecified atom stereocenters. The quantitative estimate of drug-likeness (QED) is 0.910. The monoisotopic (exact) mass is 253 g/mol. The number of nitrogens with zero attached hydrogens (tertiary/aromatic N) is 1. The van der Waals surface area contributed by atoms with Gasteiger partial charge >= 0.3 is 0 Å². The van der Waals surface area contributed by atoms with E-state index in [4.69, 9.17) is 4.84 Å². The number of aromatic hydroxyl groups is 1. The Bertz CT molecular complexity index is 593. The van der Waals surface area contributed by atoms with E-state index < -0.39 is 0 Å². The van der Waals surface area contributed by atoms with Gasteiger partial charge in [-0.05, 0) is 23.3 Å². The lowest BCUT2D eigenvalue weighted by Crippen LogP contribution is -2.03. The molecule has 0 amide bonds. The Labute approximate surface area is 112 Å². The van der Waals surface area contributed by atoms with E-state index in [1.165, 1.54) is 5.56 Å². The van der Waals surface area contributed by atoms with E-state index in [2.05, 4.69) is 17.3 Å². The standard InChI is InChI=1S/C16H15NO2/c18-15-8-4-7-13(10-15)16-11-14(17-19-16)9-12-5-2-1-3-6-12/h1-8,10,16,18H,9,11H2. The SMILES string of the molecule is Oc1cccc(C2CC(Cc3ccccc3)=NO2)c1. The molecule has 2 aromatic rings. The molecule has 0 fully saturated rings. The molecule has 3 rings (SSSR count). The van der Waals surface area contributed by atoms with Crippen LogP contribution in [0, 0.1) is 0 Å². The van der Waals surface area contributed by atoms with Gasteiger partial charge in [-0.1, -0.05) is 47.6 Å². The summed E-state index contributed by atoms with van der Waals surface area (Å²) in [6.45, 7) is 0. The average Bonchev–Trinajstić information content (AvgIpc) is 2.88. The van der Waals surface area contributed by atoms with Crippen molar-refractivity contribution in [1.82, 2.24) is 0 Å². The van der Waals surface area contributed by atoms with Gasteiger partial charge in [0.25, 0.3) is 0 Å². The third-order valence-electron chi connectivity index (χ3n) is 3.22. The zero-order chi connectivity index (χ0) is 13.1. The second kappa shape index (κ2) is 5.14. The van der Waals surface area contributed by atoms with Crippen LogP contribution in [0.4, 0.5) is 0 Å². The summed E-state index contributed by atoms with van der Waals surface area (Å²) >= 11 is 0. The predicted octanol–water partition coefficient (Wildman–Crippen LogP) is 3.45. The fourth-order valence-corrected chi connectivity index (χ4v) is 2.27. The smallest absolute Gasteiger partial charge is 0.158 e. The van der Waals surface area contributed by atoms with Crippen LogP contribution in [0.3, 0.4) is 0 Å². The topological polar surface area (TPSA) is 41.8 Å². The van der Waals surface area contributed by atoms with E-state index in [-0.39, 0.29) is 11.9 Å². The van der Waals surface area contributed by atoms with Gasteiger partial charge in [-0.15, -0.1) is 0 Å². The molecule has 1 N–H and O–H groups in total. The Kier molecular flexibility index (Phi) is 3.19. The fraction of sp³-hybridized carbons (Fsp3) is 0.188. The van der Waals surface area contributed by atoms with Crippen LogP contribution < -0.4 is 0 Å². The van der Waals surface area contributed by atoms with E-state index in [1.54, 1.807) is 12.1 Å². The number of hydrogen-bond acceptors (Lipinski definition) is 3. The van der Waals surface area contributed by atoms with Crippen molar-refractivity contribution in [1.29, 1.82) is 0 Å². The van der Waals surface area contributed by atoms with Crippen LogP contribution in [0.2, 0.25) is 0 Å². The lowest BCUT2D eigenvalue weighted by molar-refractivity contribution is 0.0855. The maximum absolute atomic E-state index is 9.48. The lowest BCUT2D eigenvalue weighted by atomic mass is 10.0. The molecule has 96 valence electrons. The van der Waals surface area contributed by atoms with Crippen LogP contribution in [0.25, 0.3) is 0 Å². The van der Waals surface area contributed by atoms with Gasteiger partial charge in [-0.25, -0.2) is 0 Å². The van der Waals surface area contributed by atoms with Gasteiger partial charge in [0.15, 0.2) is 6.10 Å². The highest BCUT2D eigenvalue weighted by Gasteiger charge is 2.22. The molecule has 1 heterocycles. The summed E-state index contributed by atoms with van der Waals surface area (Å²) in [6.07, 6.45) is 1.51. The van der Waals surface area contributed by atoms with Crippen molar-refractivity contribution in [2.45, 2.75) is 18.9 Å². The van der Waals surface area contributed by atoms with Gasteiger partial charge in [0, 0.05) is 12.8 Å². The van der Waals surface area contributed by atoms with Gasteiger partial charge < -0.3 is 9.94 Å². The first kappa shape index (κ1) is 11.8. The predicted molar refractivity (Wildman–Crippen MR) is 74.1 cm³/mol. The molecule has 1 aliphatic heterocycles. The second-order valence-electron chi connectivity index (χ2n) is 4.71. The first-order valence-corrected chi connectivity index (χ1v) is 6.36. The molecular weight excluding hydrogens is 238 g/mol. The molecule has 1 aliphatic rings. The highest BCUT2D eigenvalue weighted by atomic mass is 16.6. The molecule has 0 aliphatic carbocycles. The van der Waals surface area contributed by atoms with Crippen LogP contribution in [0.5, 0.6) is 5.75 Å². The van der Waals surface area contributed by atoms with Crippen molar-refractivity contribution in [2.24, 2.45) is 5.16 Å². The van der Waals surface area contributed by atoms with Crippen molar-refractivity contribution in [3.05, 3.63) is 65.7 Å². The number of phenols is 1. The molecule has 0 bridgehead atoms. The first-order valence-electron chi connectivity index (χ1n) is 6.36. The Morgan fingerprint density at radius 3 is 2.74 bits per heavy atom. The highest BCUT2D eigenvalue weighted by molar-refractivity contribution is 5.87. The van der Waals surface area contributed by atoms with Crippen molar-refractivity contribution >= 4 is 5.71 Å². The minimum atomic E-state index is -0.0780. The van der Waals surface area contributed by atoms with E-state index in [9.17, 15) is 5.11 Å². The van der Waals surface area contributed by atoms with Crippen LogP contribution >= 0.6 is 0 Å². The minimum absolute atomic E-state index is 0.0780. The summed E-state index contributed by atoms with van der Waals surface area (Å²) in [7, 11) is 0. The second-order valence-corrected chi connectivity index (χ2v) is 4.71. The number of hydrogen-bond donors (Lipinski definition) is 1. The molecular formula is C16H15NO2. The fourth-order valence-electron chi connectivity index (χ4n) is 2.27. The van der Waals surface area contributed by atoms with Gasteiger partial charge in [0.1, 0.15) is 5.75 Å². The molecule has 1 atom stereocenters. The van der Waals surface area contributed by atoms with Crippen molar-refractivity contribution in [3.8, 4) is 5.75 Å². The first-order chi connectivity index (χ1) is 9.31. The van der Waals surface area contributed by atoms with Gasteiger partial charge in [0.2, 0.25) is 0 Å². The zero-order valence-corrected chi connectivity index (χ0v) is 10.5. The number of rotatable bonds is 3. The van der Waals surface area contributed by atoms with Gasteiger partial charge in [0.05, 0.1) is 5.71 Å². The lowest BCUT2D eigenvalue weighted by Gasteiger charge is -2.08. The third-order valence-corrected chi connectivity index (χ3v) is 3.22. The molecule has 3 heteroatoms. The molecule has 0 saturated carbocycles. The Morgan fingerprint density at radius 1 is 1.11 bits per heavy atom. The van der Waals surface area contributed by atoms with Crippen LogP contribution in [0.15, 0.2) is 59.8 Å². The van der Waals surface area contributed by atoms with Crippen molar-refractivity contribution in [3.63, 3.8) is 0 Å². The summed E-state index contributed by atoms with van der Waals surface area (Å²) in [4.78, 5) is 5.46. The third kappa shape index (κ3) is 2.76. The summed E-state index contributed by atoms with van der Waals surface area (Å²) in [6, 6.07) is 17.4. The molecule has 2 aromatic carbocycles. The summed E-state index contributed by atoms with van der Waals surface area (Å²) in [5, 5.41) is 13.6. The van der Waals surface area contributed by atoms with E-state index in [0.717, 1.165) is 24.1 Å². The molecule has 3 nitrogen and oxygen atoms in total. The highest BCUT2D eigenvalue weighted by Crippen LogP contribution is 2.29. The molecule has 0 aromatic heterocycles. The molecule has 0 spiro atoms. The van der Waals surface area contributed by atoms with E-state index in [0.29, 0.717) is 0 Å². The van der Waals surface area contributed by atoms with E-state index >= 15 is 0 Å². The normalized spacial score (nSPS) is 17.9. The maximum Gasteiger partial charge on any atom is 0.158 e. The van der Waals surface area contributed by atoms with Crippen molar-refractivity contribution in [2.75, 3.05) is 0 Å². The van der Waals surface area contributed by atoms with E-state index in [1.807, 2.05) is 30.3 Å². The summed E-state index contributed by atoms with van der Waals surface area (Å²) in [5.41, 5.74) is 3.24. The minimum Gasteiger partial charge on any atom is -0.508 e. The Balaban J connectivity index is 1.67.